The zero-order valence-electron chi connectivity index (χ0n) is 18.5. The molecule has 1 aliphatic heterocycles. The highest BCUT2D eigenvalue weighted by Gasteiger charge is 2.45. The molecule has 4 rings (SSSR count). The number of halogens is 1. The highest BCUT2D eigenvalue weighted by molar-refractivity contribution is 5.95. The maximum atomic E-state index is 13.2. The zero-order valence-corrected chi connectivity index (χ0v) is 18.5. The molecule has 2 aromatic carbocycles. The van der Waals surface area contributed by atoms with Gasteiger partial charge >= 0.3 is 0 Å². The highest BCUT2D eigenvalue weighted by Crippen LogP contribution is 2.27. The smallest absolute Gasteiger partial charge is 0.254 e. The molecule has 2 amide bonds. The average molecular weight is 448 g/mol. The first kappa shape index (κ1) is 22.6. The summed E-state index contributed by atoms with van der Waals surface area (Å²) in [5, 5.41) is 2.87. The molecule has 170 valence electrons. The summed E-state index contributed by atoms with van der Waals surface area (Å²) in [6.07, 6.45) is 3.48. The number of ether oxygens (including phenoxy) is 1. The Balaban J connectivity index is 1.57. The van der Waals surface area contributed by atoms with Crippen LogP contribution in [0.5, 0.6) is 0 Å². The van der Waals surface area contributed by atoms with Gasteiger partial charge in [0, 0.05) is 37.5 Å². The van der Waals surface area contributed by atoms with Crippen LogP contribution in [0.1, 0.15) is 22.8 Å². The molecule has 0 radical (unpaired) electrons. The molecule has 1 aliphatic rings. The highest BCUT2D eigenvalue weighted by atomic mass is 19.1. The van der Waals surface area contributed by atoms with Crippen LogP contribution < -0.4 is 5.32 Å². The van der Waals surface area contributed by atoms with E-state index in [1.807, 2.05) is 31.2 Å². The first-order valence-corrected chi connectivity index (χ1v) is 11.0. The van der Waals surface area contributed by atoms with Crippen LogP contribution in [0.3, 0.4) is 0 Å². The lowest BCUT2D eigenvalue weighted by molar-refractivity contribution is -0.157. The summed E-state index contributed by atoms with van der Waals surface area (Å²) in [5.41, 5.74) is 2.11. The zero-order chi connectivity index (χ0) is 23.3. The molecule has 3 aromatic rings. The first-order valence-electron chi connectivity index (χ1n) is 11.0. The number of carbonyl (C=O) groups is 2. The van der Waals surface area contributed by atoms with E-state index in [2.05, 4.69) is 10.3 Å². The Hall–Kier alpha value is -3.58. The summed E-state index contributed by atoms with van der Waals surface area (Å²) in [6, 6.07) is 17.4. The Kier molecular flexibility index (Phi) is 6.79. The normalized spacial score (nSPS) is 18.1. The fourth-order valence-corrected chi connectivity index (χ4v) is 4.07. The Morgan fingerprint density at radius 3 is 2.30 bits per heavy atom. The van der Waals surface area contributed by atoms with E-state index >= 15 is 0 Å². The van der Waals surface area contributed by atoms with Gasteiger partial charge in [0.2, 0.25) is 0 Å². The van der Waals surface area contributed by atoms with Gasteiger partial charge in [0.1, 0.15) is 5.82 Å². The van der Waals surface area contributed by atoms with E-state index in [-0.39, 0.29) is 30.8 Å². The van der Waals surface area contributed by atoms with Crippen molar-refractivity contribution in [2.75, 3.05) is 26.2 Å². The second-order valence-corrected chi connectivity index (χ2v) is 8.05. The monoisotopic (exact) mass is 447 g/mol. The predicted octanol–water partition coefficient (Wildman–Crippen LogP) is 3.48. The van der Waals surface area contributed by atoms with Crippen molar-refractivity contribution in [3.05, 3.63) is 90.0 Å². The molecule has 2 heterocycles. The third-order valence-electron chi connectivity index (χ3n) is 5.77. The lowest BCUT2D eigenvalue weighted by atomic mass is 9.90. The molecule has 1 atom stereocenters. The molecule has 7 heteroatoms. The average Bonchev–Trinajstić information content (AvgIpc) is 2.85. The van der Waals surface area contributed by atoms with E-state index in [4.69, 9.17) is 4.74 Å². The molecule has 6 nitrogen and oxygen atoms in total. The molecule has 1 fully saturated rings. The molecule has 0 unspecified atom stereocenters. The lowest BCUT2D eigenvalue weighted by Gasteiger charge is -2.41. The number of amides is 2. The number of pyridine rings is 1. The molecule has 1 N–H and O–H groups in total. The van der Waals surface area contributed by atoms with Crippen molar-refractivity contribution >= 4 is 11.8 Å². The number of aromatic nitrogens is 1. The van der Waals surface area contributed by atoms with Crippen LogP contribution >= 0.6 is 0 Å². The number of rotatable bonds is 6. The summed E-state index contributed by atoms with van der Waals surface area (Å²) in [6.45, 7) is 3.14. The van der Waals surface area contributed by atoms with Gasteiger partial charge in [0.05, 0.1) is 13.2 Å². The van der Waals surface area contributed by atoms with Crippen molar-refractivity contribution in [2.45, 2.75) is 18.9 Å². The minimum Gasteiger partial charge on any atom is -0.361 e. The predicted molar refractivity (Wildman–Crippen MR) is 123 cm³/mol. The van der Waals surface area contributed by atoms with Crippen LogP contribution in [0.2, 0.25) is 0 Å². The van der Waals surface area contributed by atoms with Gasteiger partial charge in [-0.1, -0.05) is 36.4 Å². The van der Waals surface area contributed by atoms with E-state index in [1.54, 1.807) is 41.6 Å². The fraction of sp³-hybridized carbons (Fsp3) is 0.269. The number of morpholine rings is 1. The number of carbonyl (C=O) groups excluding carboxylic acids is 2. The number of benzene rings is 2. The summed E-state index contributed by atoms with van der Waals surface area (Å²) < 4.78 is 19.3. The van der Waals surface area contributed by atoms with Crippen LogP contribution in [-0.4, -0.2) is 53.5 Å². The SMILES string of the molecule is CCNC(=O)[C@@]1(Cc2ccc(-c3ccc(F)cc3)cc2)CN(C(=O)c2ccncc2)CCO1. The maximum absolute atomic E-state index is 13.2. The van der Waals surface area contributed by atoms with Crippen LogP contribution in [0.25, 0.3) is 11.1 Å². The first-order chi connectivity index (χ1) is 16.0. The molecule has 0 bridgehead atoms. The van der Waals surface area contributed by atoms with Gasteiger partial charge in [-0.25, -0.2) is 4.39 Å². The maximum Gasteiger partial charge on any atom is 0.254 e. The molecular formula is C26H26FN3O3. The van der Waals surface area contributed by atoms with Crippen molar-refractivity contribution in [3.63, 3.8) is 0 Å². The largest absolute Gasteiger partial charge is 0.361 e. The molecule has 1 aromatic heterocycles. The topological polar surface area (TPSA) is 71.5 Å². The minimum atomic E-state index is -1.19. The van der Waals surface area contributed by atoms with Gasteiger partial charge < -0.3 is 15.0 Å². The Bertz CT molecular complexity index is 1100. The summed E-state index contributed by atoms with van der Waals surface area (Å²) in [4.78, 5) is 31.8. The summed E-state index contributed by atoms with van der Waals surface area (Å²) in [5.74, 6) is -0.666. The molecule has 1 saturated heterocycles. The molecular weight excluding hydrogens is 421 g/mol. The van der Waals surface area contributed by atoms with Crippen LogP contribution in [-0.2, 0) is 16.0 Å². The van der Waals surface area contributed by atoms with Gasteiger partial charge in [0.15, 0.2) is 5.60 Å². The quantitative estimate of drug-likeness (QED) is 0.628. The van der Waals surface area contributed by atoms with Gasteiger partial charge in [-0.3, -0.25) is 14.6 Å². The molecule has 33 heavy (non-hydrogen) atoms. The van der Waals surface area contributed by atoms with Gasteiger partial charge in [0.25, 0.3) is 11.8 Å². The number of nitrogens with zero attached hydrogens (tertiary/aromatic N) is 2. The fourth-order valence-electron chi connectivity index (χ4n) is 4.07. The van der Waals surface area contributed by atoms with Gasteiger partial charge in [-0.2, -0.15) is 0 Å². The third-order valence-corrected chi connectivity index (χ3v) is 5.77. The van der Waals surface area contributed by atoms with Crippen molar-refractivity contribution in [1.29, 1.82) is 0 Å². The third kappa shape index (κ3) is 5.09. The molecule has 0 spiro atoms. The summed E-state index contributed by atoms with van der Waals surface area (Å²) >= 11 is 0. The lowest BCUT2D eigenvalue weighted by Crippen LogP contribution is -2.62. The summed E-state index contributed by atoms with van der Waals surface area (Å²) in [7, 11) is 0. The molecule has 0 saturated carbocycles. The van der Waals surface area contributed by atoms with E-state index in [1.165, 1.54) is 12.1 Å². The van der Waals surface area contributed by atoms with Crippen LogP contribution in [0.4, 0.5) is 4.39 Å². The van der Waals surface area contributed by atoms with Gasteiger partial charge in [-0.15, -0.1) is 0 Å². The number of likely N-dealkylation sites (N-methyl/N-ethyl adjacent to an activating group) is 1. The van der Waals surface area contributed by atoms with E-state index < -0.39 is 5.60 Å². The van der Waals surface area contributed by atoms with E-state index in [0.29, 0.717) is 25.1 Å². The Morgan fingerprint density at radius 2 is 1.67 bits per heavy atom. The van der Waals surface area contributed by atoms with E-state index in [9.17, 15) is 14.0 Å². The Labute approximate surface area is 192 Å². The van der Waals surface area contributed by atoms with E-state index in [0.717, 1.165) is 16.7 Å². The van der Waals surface area contributed by atoms with Crippen LogP contribution in [0.15, 0.2) is 73.1 Å². The standard InChI is InChI=1S/C26H26FN3O3/c1-2-29-25(32)26(18-30(15-16-33-26)24(31)22-11-13-28-14-12-22)17-19-3-5-20(6-4-19)21-7-9-23(27)10-8-21/h3-14H,2,15-18H2,1H3,(H,29,32)/t26-/m1/s1. The minimum absolute atomic E-state index is 0.152. The molecule has 0 aliphatic carbocycles. The van der Waals surface area contributed by atoms with Gasteiger partial charge in [-0.05, 0) is 47.9 Å². The van der Waals surface area contributed by atoms with Crippen molar-refractivity contribution in [1.82, 2.24) is 15.2 Å². The second-order valence-electron chi connectivity index (χ2n) is 8.05. The number of hydrogen-bond acceptors (Lipinski definition) is 4. The van der Waals surface area contributed by atoms with Crippen molar-refractivity contribution in [3.8, 4) is 11.1 Å². The number of nitrogens with one attached hydrogen (secondary N) is 1. The van der Waals surface area contributed by atoms with Crippen LogP contribution in [0, 0.1) is 5.82 Å². The van der Waals surface area contributed by atoms with Crippen molar-refractivity contribution in [2.24, 2.45) is 0 Å². The number of hydrogen-bond donors (Lipinski definition) is 1. The second kappa shape index (κ2) is 9.92. The Morgan fingerprint density at radius 1 is 1.03 bits per heavy atom. The van der Waals surface area contributed by atoms with Crippen molar-refractivity contribution < 1.29 is 18.7 Å².